The first-order valence-corrected chi connectivity index (χ1v) is 7.31. The third-order valence-electron chi connectivity index (χ3n) is 2.84. The fourth-order valence-electron chi connectivity index (χ4n) is 1.78. The molecule has 0 saturated carbocycles. The molecule has 0 radical (unpaired) electrons. The molecule has 1 heterocycles. The van der Waals surface area contributed by atoms with Gasteiger partial charge in [0.1, 0.15) is 0 Å². The van der Waals surface area contributed by atoms with Crippen LogP contribution in [0.3, 0.4) is 0 Å². The van der Waals surface area contributed by atoms with Crippen LogP contribution < -0.4 is 5.32 Å². The molecule has 1 N–H and O–H groups in total. The quantitative estimate of drug-likeness (QED) is 0.504. The molecule has 120 valence electrons. The topological polar surface area (TPSA) is 124 Å². The van der Waals surface area contributed by atoms with Crippen molar-refractivity contribution < 1.29 is 19.2 Å². The molecule has 0 fully saturated rings. The molecule has 0 spiro atoms. The molecule has 1 aromatic carbocycles. The zero-order valence-corrected chi connectivity index (χ0v) is 13.0. The minimum atomic E-state index is -0.628. The highest BCUT2D eigenvalue weighted by Crippen LogP contribution is 2.23. The summed E-state index contributed by atoms with van der Waals surface area (Å²) >= 11 is 0.858. The number of nitro benzene ring substituents is 1. The SMILES string of the molecule is CCOC(=O)c1nnc(NC(=O)c2cccc([N+](=O)[O-])c2C)s1. The predicted octanol–water partition coefficient (Wildman–Crippen LogP) is 2.18. The molecular weight excluding hydrogens is 324 g/mol. The first kappa shape index (κ1) is 16.5. The Bertz CT molecular complexity index is 773. The number of rotatable bonds is 5. The third kappa shape index (κ3) is 3.66. The monoisotopic (exact) mass is 336 g/mol. The maximum Gasteiger partial charge on any atom is 0.369 e. The summed E-state index contributed by atoms with van der Waals surface area (Å²) < 4.78 is 4.77. The summed E-state index contributed by atoms with van der Waals surface area (Å²) in [5, 5.41) is 20.8. The van der Waals surface area contributed by atoms with Crippen LogP contribution in [-0.4, -0.2) is 33.6 Å². The minimum absolute atomic E-state index is 0.0120. The van der Waals surface area contributed by atoms with Gasteiger partial charge in [0.25, 0.3) is 11.6 Å². The second kappa shape index (κ2) is 6.92. The van der Waals surface area contributed by atoms with Crippen molar-refractivity contribution in [2.24, 2.45) is 0 Å². The van der Waals surface area contributed by atoms with E-state index in [0.717, 1.165) is 11.3 Å². The number of nitrogens with one attached hydrogen (secondary N) is 1. The van der Waals surface area contributed by atoms with Crippen molar-refractivity contribution >= 4 is 34.0 Å². The van der Waals surface area contributed by atoms with Crippen molar-refractivity contribution in [3.63, 3.8) is 0 Å². The van der Waals surface area contributed by atoms with Crippen LogP contribution in [0.15, 0.2) is 18.2 Å². The van der Waals surface area contributed by atoms with Crippen molar-refractivity contribution in [3.05, 3.63) is 44.4 Å². The number of anilines is 1. The second-order valence-corrected chi connectivity index (χ2v) is 5.27. The largest absolute Gasteiger partial charge is 0.461 e. The number of hydrogen-bond acceptors (Lipinski definition) is 8. The normalized spacial score (nSPS) is 10.2. The first-order chi connectivity index (χ1) is 10.9. The van der Waals surface area contributed by atoms with Gasteiger partial charge in [-0.05, 0) is 19.9 Å². The molecule has 0 saturated heterocycles. The Kier molecular flexibility index (Phi) is 4.96. The van der Waals surface area contributed by atoms with Crippen LogP contribution in [0.25, 0.3) is 0 Å². The molecular formula is C13H12N4O5S. The van der Waals surface area contributed by atoms with Gasteiger partial charge in [-0.1, -0.05) is 17.4 Å². The Labute approximate surface area is 134 Å². The van der Waals surface area contributed by atoms with E-state index in [2.05, 4.69) is 15.5 Å². The van der Waals surface area contributed by atoms with E-state index in [1.54, 1.807) is 6.92 Å². The molecule has 2 aromatic rings. The number of amides is 1. The molecule has 0 unspecified atom stereocenters. The van der Waals surface area contributed by atoms with E-state index in [9.17, 15) is 19.7 Å². The molecule has 0 aliphatic carbocycles. The average Bonchev–Trinajstić information content (AvgIpc) is 2.96. The van der Waals surface area contributed by atoms with E-state index in [0.29, 0.717) is 0 Å². The molecule has 0 aliphatic heterocycles. The highest BCUT2D eigenvalue weighted by atomic mass is 32.1. The molecule has 10 heteroatoms. The Morgan fingerprint density at radius 3 is 2.78 bits per heavy atom. The van der Waals surface area contributed by atoms with E-state index < -0.39 is 16.8 Å². The average molecular weight is 336 g/mol. The molecule has 1 aromatic heterocycles. The number of hydrogen-bond donors (Lipinski definition) is 1. The highest BCUT2D eigenvalue weighted by molar-refractivity contribution is 7.17. The van der Waals surface area contributed by atoms with E-state index in [4.69, 9.17) is 4.74 Å². The second-order valence-electron chi connectivity index (χ2n) is 4.29. The summed E-state index contributed by atoms with van der Waals surface area (Å²) in [4.78, 5) is 34.0. The van der Waals surface area contributed by atoms with Gasteiger partial charge >= 0.3 is 5.97 Å². The van der Waals surface area contributed by atoms with Gasteiger partial charge in [0, 0.05) is 17.2 Å². The zero-order valence-electron chi connectivity index (χ0n) is 12.2. The summed E-state index contributed by atoms with van der Waals surface area (Å²) in [6.07, 6.45) is 0. The van der Waals surface area contributed by atoms with Crippen LogP contribution in [0.4, 0.5) is 10.8 Å². The lowest BCUT2D eigenvalue weighted by atomic mass is 10.1. The number of nitro groups is 1. The van der Waals surface area contributed by atoms with Gasteiger partial charge in [0.2, 0.25) is 10.1 Å². The fourth-order valence-corrected chi connectivity index (χ4v) is 2.41. The van der Waals surface area contributed by atoms with Crippen LogP contribution in [0.1, 0.15) is 32.6 Å². The number of ether oxygens (including phenoxy) is 1. The Morgan fingerprint density at radius 1 is 1.39 bits per heavy atom. The van der Waals surface area contributed by atoms with Gasteiger partial charge in [-0.15, -0.1) is 10.2 Å². The Balaban J connectivity index is 2.18. The standard InChI is InChI=1S/C13H12N4O5S/c1-3-22-12(19)11-15-16-13(23-11)14-10(18)8-5-4-6-9(7(8)2)17(20)21/h4-6H,3H2,1-2H3,(H,14,16,18). The lowest BCUT2D eigenvalue weighted by molar-refractivity contribution is -0.385. The molecule has 1 amide bonds. The van der Waals surface area contributed by atoms with Crippen molar-refractivity contribution in [1.82, 2.24) is 10.2 Å². The fraction of sp³-hybridized carbons (Fsp3) is 0.231. The number of esters is 1. The number of carbonyl (C=O) groups excluding carboxylic acids is 2. The van der Waals surface area contributed by atoms with Gasteiger partial charge in [-0.2, -0.15) is 0 Å². The lowest BCUT2D eigenvalue weighted by Crippen LogP contribution is -2.14. The van der Waals surface area contributed by atoms with Crippen molar-refractivity contribution in [2.45, 2.75) is 13.8 Å². The summed E-state index contributed by atoms with van der Waals surface area (Å²) in [7, 11) is 0. The molecule has 0 aliphatic rings. The number of nitrogens with zero attached hydrogens (tertiary/aromatic N) is 3. The summed E-state index contributed by atoms with van der Waals surface area (Å²) in [6.45, 7) is 3.34. The lowest BCUT2D eigenvalue weighted by Gasteiger charge is -2.05. The van der Waals surface area contributed by atoms with E-state index in [-0.39, 0.29) is 33.6 Å². The van der Waals surface area contributed by atoms with Gasteiger partial charge in [0.05, 0.1) is 11.5 Å². The molecule has 0 atom stereocenters. The van der Waals surface area contributed by atoms with Crippen LogP contribution in [0.2, 0.25) is 0 Å². The number of carbonyl (C=O) groups is 2. The van der Waals surface area contributed by atoms with Crippen LogP contribution in [-0.2, 0) is 4.74 Å². The van der Waals surface area contributed by atoms with Crippen LogP contribution in [0, 0.1) is 17.0 Å². The maximum absolute atomic E-state index is 12.2. The Hall–Kier alpha value is -2.88. The van der Waals surface area contributed by atoms with Crippen molar-refractivity contribution in [1.29, 1.82) is 0 Å². The van der Waals surface area contributed by atoms with Crippen LogP contribution >= 0.6 is 11.3 Å². The highest BCUT2D eigenvalue weighted by Gasteiger charge is 2.20. The van der Waals surface area contributed by atoms with Crippen molar-refractivity contribution in [2.75, 3.05) is 11.9 Å². The molecule has 9 nitrogen and oxygen atoms in total. The molecule has 2 rings (SSSR count). The minimum Gasteiger partial charge on any atom is -0.461 e. The summed E-state index contributed by atoms with van der Waals surface area (Å²) in [5.41, 5.74) is 0.236. The third-order valence-corrected chi connectivity index (χ3v) is 3.66. The smallest absolute Gasteiger partial charge is 0.369 e. The molecule has 23 heavy (non-hydrogen) atoms. The van der Waals surface area contributed by atoms with E-state index in [1.165, 1.54) is 25.1 Å². The maximum atomic E-state index is 12.2. The first-order valence-electron chi connectivity index (χ1n) is 6.50. The van der Waals surface area contributed by atoms with E-state index in [1.807, 2.05) is 0 Å². The summed E-state index contributed by atoms with van der Waals surface area (Å²) in [5.74, 6) is -1.20. The van der Waals surface area contributed by atoms with Crippen LogP contribution in [0.5, 0.6) is 0 Å². The van der Waals surface area contributed by atoms with Gasteiger partial charge < -0.3 is 4.74 Å². The summed E-state index contributed by atoms with van der Waals surface area (Å²) in [6, 6.07) is 4.20. The van der Waals surface area contributed by atoms with Gasteiger partial charge in [-0.3, -0.25) is 20.2 Å². The predicted molar refractivity (Wildman–Crippen MR) is 81.7 cm³/mol. The zero-order chi connectivity index (χ0) is 17.0. The van der Waals surface area contributed by atoms with Gasteiger partial charge in [-0.25, -0.2) is 4.79 Å². The van der Waals surface area contributed by atoms with Crippen molar-refractivity contribution in [3.8, 4) is 0 Å². The molecule has 0 bridgehead atoms. The number of aromatic nitrogens is 2. The van der Waals surface area contributed by atoms with E-state index >= 15 is 0 Å². The number of benzene rings is 1. The Morgan fingerprint density at radius 2 is 2.13 bits per heavy atom. The van der Waals surface area contributed by atoms with Gasteiger partial charge in [0.15, 0.2) is 0 Å².